The van der Waals surface area contributed by atoms with Crippen molar-refractivity contribution in [2.24, 2.45) is 0 Å². The Morgan fingerprint density at radius 2 is 1.81 bits per heavy atom. The quantitative estimate of drug-likeness (QED) is 0.612. The Balaban J connectivity index is 1.36. The number of carbonyl (C=O) groups is 2. The molecule has 0 bridgehead atoms. The van der Waals surface area contributed by atoms with Gasteiger partial charge in [-0.1, -0.05) is 12.1 Å². The van der Waals surface area contributed by atoms with Gasteiger partial charge in [-0.3, -0.25) is 14.5 Å². The molecule has 2 aromatic rings. The summed E-state index contributed by atoms with van der Waals surface area (Å²) >= 11 is 0. The summed E-state index contributed by atoms with van der Waals surface area (Å²) in [6.45, 7) is 7.79. The first-order chi connectivity index (χ1) is 15.4. The highest BCUT2D eigenvalue weighted by molar-refractivity contribution is 5.99. The molecule has 172 valence electrons. The predicted molar refractivity (Wildman–Crippen MR) is 119 cm³/mol. The van der Waals surface area contributed by atoms with Crippen molar-refractivity contribution >= 4 is 11.7 Å². The molecule has 0 aliphatic carbocycles. The molecule has 1 unspecified atom stereocenters. The van der Waals surface area contributed by atoms with Crippen LogP contribution >= 0.6 is 0 Å². The van der Waals surface area contributed by atoms with E-state index in [1.807, 2.05) is 44.2 Å². The molecular formula is C24H31N3O5. The zero-order valence-electron chi connectivity index (χ0n) is 19.0. The third-order valence-electron chi connectivity index (χ3n) is 6.01. The van der Waals surface area contributed by atoms with E-state index in [9.17, 15) is 9.59 Å². The van der Waals surface area contributed by atoms with Crippen LogP contribution in [0.4, 0.5) is 0 Å². The molecule has 0 saturated carbocycles. The standard InChI is InChI=1S/C24H31N3O5/c1-17-12-20(21(28)14-25(3)15-24(29)26-8-10-30-11-9-26)18(2)27(17)13-19-16-31-22-6-4-5-7-23(22)32-19/h4-7,12,19H,8-11,13-16H2,1-3H3. The van der Waals surface area contributed by atoms with E-state index in [2.05, 4.69) is 4.57 Å². The number of Topliss-reactive ketones (excluding diaryl/α,β-unsaturated/α-hetero) is 1. The van der Waals surface area contributed by atoms with E-state index >= 15 is 0 Å². The van der Waals surface area contributed by atoms with Gasteiger partial charge in [0.2, 0.25) is 5.91 Å². The van der Waals surface area contributed by atoms with E-state index in [0.717, 1.165) is 22.9 Å². The topological polar surface area (TPSA) is 73.2 Å². The summed E-state index contributed by atoms with van der Waals surface area (Å²) in [6.07, 6.45) is -0.133. The Kier molecular flexibility index (Phi) is 6.81. The number of para-hydroxylation sites is 2. The number of ketones is 1. The zero-order chi connectivity index (χ0) is 22.7. The predicted octanol–water partition coefficient (Wildman–Crippen LogP) is 1.92. The Hall–Kier alpha value is -2.84. The molecule has 4 rings (SSSR count). The number of aryl methyl sites for hydroxylation is 1. The van der Waals surface area contributed by atoms with Gasteiger partial charge in [0.05, 0.1) is 32.8 Å². The van der Waals surface area contributed by atoms with Gasteiger partial charge in [0.1, 0.15) is 6.61 Å². The number of amides is 1. The average molecular weight is 442 g/mol. The molecule has 0 N–H and O–H groups in total. The van der Waals surface area contributed by atoms with Crippen molar-refractivity contribution < 1.29 is 23.8 Å². The van der Waals surface area contributed by atoms with Crippen LogP contribution in [0.25, 0.3) is 0 Å². The lowest BCUT2D eigenvalue weighted by Crippen LogP contribution is -2.45. The zero-order valence-corrected chi connectivity index (χ0v) is 19.0. The van der Waals surface area contributed by atoms with Gasteiger partial charge in [0.15, 0.2) is 23.4 Å². The lowest BCUT2D eigenvalue weighted by atomic mass is 10.1. The van der Waals surface area contributed by atoms with Gasteiger partial charge < -0.3 is 23.7 Å². The van der Waals surface area contributed by atoms with Crippen molar-refractivity contribution in [3.8, 4) is 11.5 Å². The molecule has 2 aliphatic heterocycles. The molecule has 8 nitrogen and oxygen atoms in total. The van der Waals surface area contributed by atoms with Crippen LogP contribution in [0.3, 0.4) is 0 Å². The summed E-state index contributed by atoms with van der Waals surface area (Å²) in [5, 5.41) is 0. The van der Waals surface area contributed by atoms with E-state index in [-0.39, 0.29) is 30.9 Å². The second kappa shape index (κ2) is 9.75. The number of hydrogen-bond donors (Lipinski definition) is 0. The van der Waals surface area contributed by atoms with Crippen molar-refractivity contribution in [2.45, 2.75) is 26.5 Å². The molecule has 0 spiro atoms. The molecule has 1 amide bonds. The number of nitrogens with zero attached hydrogens (tertiary/aromatic N) is 3. The van der Waals surface area contributed by atoms with Crippen molar-refractivity contribution in [2.75, 3.05) is 53.0 Å². The highest BCUT2D eigenvalue weighted by Crippen LogP contribution is 2.31. The Morgan fingerprint density at radius 1 is 1.09 bits per heavy atom. The van der Waals surface area contributed by atoms with Crippen LogP contribution in [-0.2, 0) is 16.1 Å². The highest BCUT2D eigenvalue weighted by atomic mass is 16.6. The second-order valence-electron chi connectivity index (χ2n) is 8.48. The summed E-state index contributed by atoms with van der Waals surface area (Å²) < 4.78 is 19.3. The Morgan fingerprint density at radius 3 is 2.56 bits per heavy atom. The van der Waals surface area contributed by atoms with Crippen LogP contribution in [-0.4, -0.2) is 85.2 Å². The molecule has 0 radical (unpaired) electrons. The molecule has 1 atom stereocenters. The van der Waals surface area contributed by atoms with Crippen molar-refractivity contribution in [3.05, 3.63) is 47.3 Å². The number of aromatic nitrogens is 1. The van der Waals surface area contributed by atoms with Gasteiger partial charge in [-0.05, 0) is 39.1 Å². The lowest BCUT2D eigenvalue weighted by molar-refractivity contribution is -0.136. The molecule has 32 heavy (non-hydrogen) atoms. The van der Waals surface area contributed by atoms with E-state index < -0.39 is 0 Å². The monoisotopic (exact) mass is 441 g/mol. The molecule has 1 aromatic heterocycles. The van der Waals surface area contributed by atoms with Crippen LogP contribution in [0.1, 0.15) is 21.7 Å². The maximum atomic E-state index is 13.0. The normalized spacial score (nSPS) is 18.1. The van der Waals surface area contributed by atoms with Gasteiger partial charge in [-0.25, -0.2) is 0 Å². The smallest absolute Gasteiger partial charge is 0.236 e. The SMILES string of the molecule is Cc1cc(C(=O)CN(C)CC(=O)N2CCOCC2)c(C)n1CC1COc2ccccc2O1. The Bertz CT molecular complexity index is 980. The minimum atomic E-state index is -0.133. The van der Waals surface area contributed by atoms with Crippen molar-refractivity contribution in [1.82, 2.24) is 14.4 Å². The molecule has 1 aromatic carbocycles. The largest absolute Gasteiger partial charge is 0.486 e. The number of hydrogen-bond acceptors (Lipinski definition) is 6. The second-order valence-corrected chi connectivity index (χ2v) is 8.48. The number of benzene rings is 1. The molecule has 3 heterocycles. The lowest BCUT2D eigenvalue weighted by Gasteiger charge is -2.28. The first-order valence-electron chi connectivity index (χ1n) is 11.0. The van der Waals surface area contributed by atoms with Crippen LogP contribution < -0.4 is 9.47 Å². The van der Waals surface area contributed by atoms with Gasteiger partial charge in [0.25, 0.3) is 0 Å². The molecule has 1 fully saturated rings. The van der Waals surface area contributed by atoms with Crippen LogP contribution in [0.2, 0.25) is 0 Å². The Labute approximate surface area is 188 Å². The number of likely N-dealkylation sites (N-methyl/N-ethyl adjacent to an activating group) is 1. The van der Waals surface area contributed by atoms with E-state index in [1.54, 1.807) is 16.8 Å². The van der Waals surface area contributed by atoms with E-state index in [0.29, 0.717) is 45.0 Å². The fourth-order valence-electron chi connectivity index (χ4n) is 4.25. The van der Waals surface area contributed by atoms with Crippen molar-refractivity contribution in [1.29, 1.82) is 0 Å². The fourth-order valence-corrected chi connectivity index (χ4v) is 4.25. The highest BCUT2D eigenvalue weighted by Gasteiger charge is 2.25. The van der Waals surface area contributed by atoms with Crippen LogP contribution in [0, 0.1) is 13.8 Å². The molecule has 8 heteroatoms. The average Bonchev–Trinajstić information content (AvgIpc) is 3.08. The maximum absolute atomic E-state index is 13.0. The first kappa shape index (κ1) is 22.4. The molecule has 1 saturated heterocycles. The van der Waals surface area contributed by atoms with Crippen LogP contribution in [0.5, 0.6) is 11.5 Å². The number of morpholine rings is 1. The summed E-state index contributed by atoms with van der Waals surface area (Å²) in [7, 11) is 1.81. The minimum Gasteiger partial charge on any atom is -0.486 e. The molecule has 2 aliphatic rings. The van der Waals surface area contributed by atoms with Crippen molar-refractivity contribution in [3.63, 3.8) is 0 Å². The van der Waals surface area contributed by atoms with Gasteiger partial charge in [-0.2, -0.15) is 0 Å². The number of fused-ring (bicyclic) bond motifs is 1. The minimum absolute atomic E-state index is 0.00721. The number of carbonyl (C=O) groups excluding carboxylic acids is 2. The number of rotatable bonds is 7. The summed E-state index contributed by atoms with van der Waals surface area (Å²) in [5.41, 5.74) is 2.59. The summed E-state index contributed by atoms with van der Waals surface area (Å²) in [4.78, 5) is 29.0. The van der Waals surface area contributed by atoms with Gasteiger partial charge in [0, 0.05) is 30.0 Å². The summed E-state index contributed by atoms with van der Waals surface area (Å²) in [6, 6.07) is 9.57. The fraction of sp³-hybridized carbons (Fsp3) is 0.500. The molecular weight excluding hydrogens is 410 g/mol. The third kappa shape index (κ3) is 4.97. The first-order valence-corrected chi connectivity index (χ1v) is 11.0. The maximum Gasteiger partial charge on any atom is 0.236 e. The van der Waals surface area contributed by atoms with E-state index in [1.165, 1.54) is 0 Å². The third-order valence-corrected chi connectivity index (χ3v) is 6.01. The van der Waals surface area contributed by atoms with Gasteiger partial charge >= 0.3 is 0 Å². The number of ether oxygens (including phenoxy) is 3. The summed E-state index contributed by atoms with van der Waals surface area (Å²) in [5.74, 6) is 1.54. The van der Waals surface area contributed by atoms with Crippen LogP contribution in [0.15, 0.2) is 30.3 Å². The van der Waals surface area contributed by atoms with E-state index in [4.69, 9.17) is 14.2 Å². The van der Waals surface area contributed by atoms with Gasteiger partial charge in [-0.15, -0.1) is 0 Å².